The van der Waals surface area contributed by atoms with Gasteiger partial charge in [-0.1, -0.05) is 12.1 Å². The first-order chi connectivity index (χ1) is 5.65. The summed E-state index contributed by atoms with van der Waals surface area (Å²) in [5.41, 5.74) is 2.68. The topological polar surface area (TPSA) is 55.5 Å². The van der Waals surface area contributed by atoms with Gasteiger partial charge in [-0.15, -0.1) is 0 Å². The molecule has 1 aromatic carbocycles. The lowest BCUT2D eigenvalue weighted by atomic mass is 10.1. The first kappa shape index (κ1) is 9.03. The predicted molar refractivity (Wildman–Crippen MR) is 46.6 cm³/mol. The fourth-order valence-corrected chi connectivity index (χ4v) is 1.23. The molecule has 66 valence electrons. The Labute approximate surface area is 71.7 Å². The van der Waals surface area contributed by atoms with Gasteiger partial charge in [0.15, 0.2) is 0 Å². The molecule has 0 saturated heterocycles. The molecule has 1 rings (SSSR count). The Morgan fingerprint density at radius 2 is 1.83 bits per heavy atom. The second-order valence-corrected chi connectivity index (χ2v) is 2.89. The van der Waals surface area contributed by atoms with E-state index in [9.17, 15) is 5.11 Å². The Balaban J connectivity index is 3.04. The maximum atomic E-state index is 9.43. The highest BCUT2D eigenvalue weighted by Crippen LogP contribution is 2.22. The molecule has 0 atom stereocenters. The molecule has 0 saturated carbocycles. The average molecular weight is 167 g/mol. The van der Waals surface area contributed by atoms with E-state index in [1.54, 1.807) is 0 Å². The number of hydrogen-bond donors (Lipinski definition) is 2. The van der Waals surface area contributed by atoms with E-state index in [1.165, 1.54) is 0 Å². The van der Waals surface area contributed by atoms with Gasteiger partial charge in [-0.05, 0) is 30.5 Å². The van der Waals surface area contributed by atoms with Crippen LogP contribution in [0.2, 0.25) is 0 Å². The van der Waals surface area contributed by atoms with Gasteiger partial charge in [0, 0.05) is 0 Å². The molecule has 0 aliphatic heterocycles. The van der Waals surface area contributed by atoms with Crippen LogP contribution in [0.1, 0.15) is 16.7 Å². The third-order valence-electron chi connectivity index (χ3n) is 1.80. The molecule has 0 amide bonds. The molecule has 3 heteroatoms. The first-order valence-electron chi connectivity index (χ1n) is 3.76. The van der Waals surface area contributed by atoms with Crippen molar-refractivity contribution in [1.29, 1.82) is 0 Å². The number of aromatic hydroxyl groups is 1. The zero-order chi connectivity index (χ0) is 9.14. The molecular weight excluding hydrogens is 154 g/mol. The van der Waals surface area contributed by atoms with Crippen LogP contribution in [0.5, 0.6) is 5.75 Å². The van der Waals surface area contributed by atoms with Crippen molar-refractivity contribution in [3.8, 4) is 5.75 Å². The molecule has 0 radical (unpaired) electrons. The van der Waals surface area contributed by atoms with Crippen LogP contribution in [0.4, 0.5) is 0 Å². The molecular formula is C9H13NO2. The molecule has 0 fully saturated rings. The zero-order valence-electron chi connectivity index (χ0n) is 7.29. The van der Waals surface area contributed by atoms with E-state index in [4.69, 9.17) is 5.90 Å². The lowest BCUT2D eigenvalue weighted by Gasteiger charge is -2.06. The van der Waals surface area contributed by atoms with Crippen LogP contribution in [0.3, 0.4) is 0 Å². The van der Waals surface area contributed by atoms with Crippen LogP contribution in [0.15, 0.2) is 12.1 Å². The van der Waals surface area contributed by atoms with E-state index < -0.39 is 0 Å². The van der Waals surface area contributed by atoms with Gasteiger partial charge in [-0.3, -0.25) is 4.84 Å². The van der Waals surface area contributed by atoms with Crippen LogP contribution < -0.4 is 5.90 Å². The van der Waals surface area contributed by atoms with E-state index in [-0.39, 0.29) is 0 Å². The minimum Gasteiger partial charge on any atom is -0.507 e. The molecule has 3 N–H and O–H groups in total. The monoisotopic (exact) mass is 167 g/mol. The first-order valence-corrected chi connectivity index (χ1v) is 3.76. The summed E-state index contributed by atoms with van der Waals surface area (Å²) in [6.07, 6.45) is 0. The molecule has 12 heavy (non-hydrogen) atoms. The van der Waals surface area contributed by atoms with Crippen molar-refractivity contribution in [3.05, 3.63) is 28.8 Å². The van der Waals surface area contributed by atoms with Crippen molar-refractivity contribution in [2.24, 2.45) is 5.90 Å². The van der Waals surface area contributed by atoms with Crippen molar-refractivity contribution in [1.82, 2.24) is 0 Å². The minimum atomic E-state index is 0.343. The predicted octanol–water partition coefficient (Wildman–Crippen LogP) is 1.40. The summed E-state index contributed by atoms with van der Waals surface area (Å²) >= 11 is 0. The standard InChI is InChI=1S/C9H13NO2/c1-6-3-8(5-12-10)4-7(2)9(6)11/h3-4,11H,5,10H2,1-2H3. The van der Waals surface area contributed by atoms with Crippen molar-refractivity contribution in [2.75, 3.05) is 0 Å². The SMILES string of the molecule is Cc1cc(CON)cc(C)c1O. The minimum absolute atomic E-state index is 0.343. The van der Waals surface area contributed by atoms with Gasteiger partial charge in [-0.25, -0.2) is 5.90 Å². The number of nitrogens with two attached hydrogens (primary N) is 1. The van der Waals surface area contributed by atoms with E-state index >= 15 is 0 Å². The highest BCUT2D eigenvalue weighted by atomic mass is 16.6. The van der Waals surface area contributed by atoms with E-state index in [2.05, 4.69) is 4.84 Å². The van der Waals surface area contributed by atoms with Gasteiger partial charge < -0.3 is 5.11 Å². The molecule has 0 bridgehead atoms. The molecule has 0 spiro atoms. The Morgan fingerprint density at radius 1 is 1.33 bits per heavy atom. The smallest absolute Gasteiger partial charge is 0.121 e. The summed E-state index contributed by atoms with van der Waals surface area (Å²) in [7, 11) is 0. The maximum Gasteiger partial charge on any atom is 0.121 e. The summed E-state index contributed by atoms with van der Waals surface area (Å²) in [4.78, 5) is 4.50. The van der Waals surface area contributed by atoms with Gasteiger partial charge >= 0.3 is 0 Å². The summed E-state index contributed by atoms with van der Waals surface area (Å²) in [5.74, 6) is 5.28. The number of phenols is 1. The largest absolute Gasteiger partial charge is 0.507 e. The second-order valence-electron chi connectivity index (χ2n) is 2.89. The van der Waals surface area contributed by atoms with Crippen LogP contribution in [0.25, 0.3) is 0 Å². The Hall–Kier alpha value is -1.06. The molecule has 1 aromatic rings. The zero-order valence-corrected chi connectivity index (χ0v) is 7.29. The molecule has 0 aliphatic carbocycles. The number of aryl methyl sites for hydroxylation is 2. The van der Waals surface area contributed by atoms with Crippen LogP contribution in [-0.2, 0) is 11.4 Å². The maximum absolute atomic E-state index is 9.43. The van der Waals surface area contributed by atoms with E-state index in [1.807, 2.05) is 26.0 Å². The lowest BCUT2D eigenvalue weighted by molar-refractivity contribution is 0.124. The summed E-state index contributed by atoms with van der Waals surface area (Å²) < 4.78 is 0. The van der Waals surface area contributed by atoms with Crippen molar-refractivity contribution in [3.63, 3.8) is 0 Å². The third-order valence-corrected chi connectivity index (χ3v) is 1.80. The molecule has 0 aromatic heterocycles. The summed E-state index contributed by atoms with van der Waals surface area (Å²) in [5, 5.41) is 9.43. The van der Waals surface area contributed by atoms with Gasteiger partial charge in [0.05, 0.1) is 6.61 Å². The molecule has 0 aliphatic rings. The Morgan fingerprint density at radius 3 is 2.25 bits per heavy atom. The third kappa shape index (κ3) is 1.75. The number of benzene rings is 1. The highest BCUT2D eigenvalue weighted by molar-refractivity contribution is 5.41. The fourth-order valence-electron chi connectivity index (χ4n) is 1.23. The van der Waals surface area contributed by atoms with Crippen LogP contribution in [-0.4, -0.2) is 5.11 Å². The summed E-state index contributed by atoms with van der Waals surface area (Å²) in [6, 6.07) is 3.71. The highest BCUT2D eigenvalue weighted by Gasteiger charge is 2.02. The van der Waals surface area contributed by atoms with Gasteiger partial charge in [0.2, 0.25) is 0 Å². The number of rotatable bonds is 2. The summed E-state index contributed by atoms with van der Waals surface area (Å²) in [6.45, 7) is 4.08. The second kappa shape index (κ2) is 3.56. The van der Waals surface area contributed by atoms with Crippen molar-refractivity contribution < 1.29 is 9.94 Å². The van der Waals surface area contributed by atoms with Gasteiger partial charge in [-0.2, -0.15) is 0 Å². The molecule has 0 unspecified atom stereocenters. The van der Waals surface area contributed by atoms with Gasteiger partial charge in [0.1, 0.15) is 5.75 Å². The Kier molecular flexibility index (Phi) is 2.68. The molecule has 0 heterocycles. The Bertz CT molecular complexity index is 261. The average Bonchev–Trinajstić information content (AvgIpc) is 2.01. The van der Waals surface area contributed by atoms with E-state index in [0.717, 1.165) is 16.7 Å². The van der Waals surface area contributed by atoms with Crippen LogP contribution in [0, 0.1) is 13.8 Å². The quantitative estimate of drug-likeness (QED) is 0.654. The molecule has 3 nitrogen and oxygen atoms in total. The number of phenolic OH excluding ortho intramolecular Hbond substituents is 1. The lowest BCUT2D eigenvalue weighted by Crippen LogP contribution is -1.99. The van der Waals surface area contributed by atoms with Gasteiger partial charge in [0.25, 0.3) is 0 Å². The fraction of sp³-hybridized carbons (Fsp3) is 0.333. The van der Waals surface area contributed by atoms with Crippen molar-refractivity contribution >= 4 is 0 Å². The number of hydrogen-bond acceptors (Lipinski definition) is 3. The van der Waals surface area contributed by atoms with Crippen molar-refractivity contribution in [2.45, 2.75) is 20.5 Å². The normalized spacial score (nSPS) is 10.2. The van der Waals surface area contributed by atoms with E-state index in [0.29, 0.717) is 12.4 Å². The van der Waals surface area contributed by atoms with Crippen LogP contribution >= 0.6 is 0 Å².